The number of carbonyl (C=O) groups excluding carboxylic acids is 1. The first-order valence-corrected chi connectivity index (χ1v) is 5.91. The molecular formula is C13H17NO3. The van der Waals surface area contributed by atoms with Crippen molar-refractivity contribution in [1.82, 2.24) is 5.32 Å². The van der Waals surface area contributed by atoms with Gasteiger partial charge in [0.05, 0.1) is 0 Å². The Kier molecular flexibility index (Phi) is 3.22. The highest BCUT2D eigenvalue weighted by Crippen LogP contribution is 2.30. The minimum Gasteiger partial charge on any atom is -0.507 e. The third-order valence-electron chi connectivity index (χ3n) is 3.46. The predicted molar refractivity (Wildman–Crippen MR) is 64.0 cm³/mol. The fourth-order valence-electron chi connectivity index (χ4n) is 2.10. The van der Waals surface area contributed by atoms with Crippen LogP contribution in [0.1, 0.15) is 36.5 Å². The zero-order chi connectivity index (χ0) is 12.4. The number of hydrogen-bond acceptors (Lipinski definition) is 3. The van der Waals surface area contributed by atoms with Crippen molar-refractivity contribution in [3.63, 3.8) is 0 Å². The normalized spacial score (nSPS) is 17.2. The SMILES string of the molecule is CC(NC(=O)c1c(O)cccc1O)C1CCC1. The standard InChI is InChI=1S/C13H17NO3/c1-8(9-4-2-5-9)14-13(17)12-10(15)6-3-7-11(12)16/h3,6-9,15-16H,2,4-5H2,1H3,(H,14,17). The van der Waals surface area contributed by atoms with Crippen LogP contribution in [0.3, 0.4) is 0 Å². The molecule has 1 amide bonds. The molecule has 1 fully saturated rings. The van der Waals surface area contributed by atoms with Crippen molar-refractivity contribution in [2.45, 2.75) is 32.2 Å². The molecule has 1 atom stereocenters. The molecule has 1 aromatic rings. The van der Waals surface area contributed by atoms with Gasteiger partial charge in [-0.15, -0.1) is 0 Å². The lowest BCUT2D eigenvalue weighted by atomic mass is 9.80. The van der Waals surface area contributed by atoms with Gasteiger partial charge in [-0.1, -0.05) is 12.5 Å². The average molecular weight is 235 g/mol. The van der Waals surface area contributed by atoms with Gasteiger partial charge >= 0.3 is 0 Å². The highest BCUT2D eigenvalue weighted by atomic mass is 16.3. The molecule has 0 heterocycles. The summed E-state index contributed by atoms with van der Waals surface area (Å²) in [6, 6.07) is 4.36. The third-order valence-corrected chi connectivity index (χ3v) is 3.46. The zero-order valence-electron chi connectivity index (χ0n) is 9.81. The van der Waals surface area contributed by atoms with Gasteiger partial charge in [-0.05, 0) is 37.8 Å². The molecule has 0 aromatic heterocycles. The molecule has 1 aliphatic rings. The van der Waals surface area contributed by atoms with Crippen LogP contribution in [0.2, 0.25) is 0 Å². The Hall–Kier alpha value is -1.71. The molecule has 1 saturated carbocycles. The first kappa shape index (κ1) is 11.8. The summed E-state index contributed by atoms with van der Waals surface area (Å²) in [5.41, 5.74) is -0.0429. The van der Waals surface area contributed by atoms with Crippen LogP contribution in [-0.4, -0.2) is 22.2 Å². The van der Waals surface area contributed by atoms with E-state index in [1.165, 1.54) is 24.6 Å². The molecule has 17 heavy (non-hydrogen) atoms. The number of phenols is 2. The lowest BCUT2D eigenvalue weighted by molar-refractivity contribution is 0.0904. The van der Waals surface area contributed by atoms with Gasteiger partial charge in [-0.2, -0.15) is 0 Å². The molecule has 0 aliphatic heterocycles. The van der Waals surface area contributed by atoms with Gasteiger partial charge in [0, 0.05) is 6.04 Å². The number of nitrogens with one attached hydrogen (secondary N) is 1. The van der Waals surface area contributed by atoms with Crippen molar-refractivity contribution in [3.05, 3.63) is 23.8 Å². The van der Waals surface area contributed by atoms with E-state index in [0.29, 0.717) is 5.92 Å². The van der Waals surface area contributed by atoms with Gasteiger partial charge in [0.25, 0.3) is 5.91 Å². The van der Waals surface area contributed by atoms with Gasteiger partial charge < -0.3 is 15.5 Å². The maximum Gasteiger partial charge on any atom is 0.259 e. The van der Waals surface area contributed by atoms with Crippen molar-refractivity contribution in [2.24, 2.45) is 5.92 Å². The average Bonchev–Trinajstić information content (AvgIpc) is 2.13. The molecular weight excluding hydrogens is 218 g/mol. The van der Waals surface area contributed by atoms with E-state index < -0.39 is 5.91 Å². The van der Waals surface area contributed by atoms with E-state index in [1.807, 2.05) is 6.92 Å². The van der Waals surface area contributed by atoms with Crippen LogP contribution >= 0.6 is 0 Å². The monoisotopic (exact) mass is 235 g/mol. The van der Waals surface area contributed by atoms with Crippen LogP contribution in [0.25, 0.3) is 0 Å². The fourth-order valence-corrected chi connectivity index (χ4v) is 2.10. The zero-order valence-corrected chi connectivity index (χ0v) is 9.81. The van der Waals surface area contributed by atoms with E-state index in [1.54, 1.807) is 0 Å². The van der Waals surface area contributed by atoms with Crippen molar-refractivity contribution in [1.29, 1.82) is 0 Å². The van der Waals surface area contributed by atoms with Crippen LogP contribution in [0.5, 0.6) is 11.5 Å². The molecule has 4 heteroatoms. The minimum atomic E-state index is -0.417. The van der Waals surface area contributed by atoms with E-state index in [-0.39, 0.29) is 23.1 Å². The van der Waals surface area contributed by atoms with Crippen LogP contribution in [-0.2, 0) is 0 Å². The Balaban J connectivity index is 2.08. The highest BCUT2D eigenvalue weighted by molar-refractivity contribution is 5.99. The molecule has 3 N–H and O–H groups in total. The Morgan fingerprint density at radius 3 is 2.41 bits per heavy atom. The number of amides is 1. The predicted octanol–water partition coefficient (Wildman–Crippen LogP) is 2.02. The second-order valence-corrected chi connectivity index (χ2v) is 4.62. The molecule has 1 aromatic carbocycles. The summed E-state index contributed by atoms with van der Waals surface area (Å²) in [5.74, 6) is -0.279. The van der Waals surface area contributed by atoms with Gasteiger partial charge in [-0.25, -0.2) is 0 Å². The second-order valence-electron chi connectivity index (χ2n) is 4.62. The smallest absolute Gasteiger partial charge is 0.259 e. The van der Waals surface area contributed by atoms with Crippen LogP contribution < -0.4 is 5.32 Å². The summed E-state index contributed by atoms with van der Waals surface area (Å²) in [6.45, 7) is 1.96. The third kappa shape index (κ3) is 2.35. The van der Waals surface area contributed by atoms with E-state index in [0.717, 1.165) is 12.8 Å². The molecule has 92 valence electrons. The Bertz CT molecular complexity index is 406. The van der Waals surface area contributed by atoms with E-state index in [9.17, 15) is 15.0 Å². The lowest BCUT2D eigenvalue weighted by Crippen LogP contribution is -2.40. The highest BCUT2D eigenvalue weighted by Gasteiger charge is 2.26. The fraction of sp³-hybridized carbons (Fsp3) is 0.462. The van der Waals surface area contributed by atoms with Crippen molar-refractivity contribution in [3.8, 4) is 11.5 Å². The topological polar surface area (TPSA) is 69.6 Å². The van der Waals surface area contributed by atoms with E-state index in [4.69, 9.17) is 0 Å². The summed E-state index contributed by atoms with van der Waals surface area (Å²) in [4.78, 5) is 11.9. The number of phenolic OH excluding ortho intramolecular Hbond substituents is 2. The van der Waals surface area contributed by atoms with Crippen molar-refractivity contribution < 1.29 is 15.0 Å². The maximum absolute atomic E-state index is 11.9. The van der Waals surface area contributed by atoms with Gasteiger partial charge in [0.2, 0.25) is 0 Å². The van der Waals surface area contributed by atoms with Gasteiger partial charge in [-0.3, -0.25) is 4.79 Å². The summed E-state index contributed by atoms with van der Waals surface area (Å²) >= 11 is 0. The molecule has 0 radical (unpaired) electrons. The molecule has 1 unspecified atom stereocenters. The summed E-state index contributed by atoms with van der Waals surface area (Å²) in [5, 5.41) is 21.9. The van der Waals surface area contributed by atoms with Crippen molar-refractivity contribution in [2.75, 3.05) is 0 Å². The van der Waals surface area contributed by atoms with E-state index >= 15 is 0 Å². The quantitative estimate of drug-likeness (QED) is 0.750. The Morgan fingerprint density at radius 2 is 1.94 bits per heavy atom. The minimum absolute atomic E-state index is 0.0429. The summed E-state index contributed by atoms with van der Waals surface area (Å²) < 4.78 is 0. The van der Waals surface area contributed by atoms with Crippen LogP contribution in [0.4, 0.5) is 0 Å². The second kappa shape index (κ2) is 4.65. The lowest BCUT2D eigenvalue weighted by Gasteiger charge is -2.31. The van der Waals surface area contributed by atoms with Crippen LogP contribution in [0.15, 0.2) is 18.2 Å². The van der Waals surface area contributed by atoms with Gasteiger partial charge in [0.15, 0.2) is 0 Å². The van der Waals surface area contributed by atoms with Gasteiger partial charge in [0.1, 0.15) is 17.1 Å². The summed E-state index contributed by atoms with van der Waals surface area (Å²) in [7, 11) is 0. The van der Waals surface area contributed by atoms with Crippen molar-refractivity contribution >= 4 is 5.91 Å². The molecule has 0 saturated heterocycles. The number of rotatable bonds is 3. The summed E-state index contributed by atoms with van der Waals surface area (Å²) in [6.07, 6.45) is 3.48. The number of aromatic hydroxyl groups is 2. The first-order valence-electron chi connectivity index (χ1n) is 5.91. The Morgan fingerprint density at radius 1 is 1.35 bits per heavy atom. The molecule has 0 bridgehead atoms. The maximum atomic E-state index is 11.9. The number of carbonyl (C=O) groups is 1. The van der Waals surface area contributed by atoms with Crippen LogP contribution in [0, 0.1) is 5.92 Å². The number of benzene rings is 1. The molecule has 4 nitrogen and oxygen atoms in total. The van der Waals surface area contributed by atoms with E-state index in [2.05, 4.69) is 5.32 Å². The molecule has 0 spiro atoms. The molecule has 2 rings (SSSR count). The molecule has 1 aliphatic carbocycles. The number of hydrogen-bond donors (Lipinski definition) is 3. The Labute approximate surface area is 100 Å². The largest absolute Gasteiger partial charge is 0.507 e. The first-order chi connectivity index (χ1) is 8.09.